The molecular weight excluding hydrogens is 366 g/mol. The van der Waals surface area contributed by atoms with Gasteiger partial charge in [-0.25, -0.2) is 4.79 Å². The summed E-state index contributed by atoms with van der Waals surface area (Å²) in [6, 6.07) is 3.32. The van der Waals surface area contributed by atoms with Gasteiger partial charge >= 0.3 is 6.09 Å². The number of halogens is 1. The van der Waals surface area contributed by atoms with Gasteiger partial charge in [-0.3, -0.25) is 0 Å². The topological polar surface area (TPSA) is 80.9 Å². The summed E-state index contributed by atoms with van der Waals surface area (Å²) in [4.78, 5) is 11.5. The number of hydrogen-bond donors (Lipinski definition) is 3. The largest absolute Gasteiger partial charge is 0.495 e. The number of anilines is 1. The second-order valence-corrected chi connectivity index (χ2v) is 6.81. The van der Waals surface area contributed by atoms with E-state index >= 15 is 0 Å². The van der Waals surface area contributed by atoms with E-state index in [4.69, 9.17) is 38.0 Å². The smallest absolute Gasteiger partial charge is 0.407 e. The van der Waals surface area contributed by atoms with Gasteiger partial charge in [0.25, 0.3) is 0 Å². The first-order valence-electron chi connectivity index (χ1n) is 7.59. The van der Waals surface area contributed by atoms with Gasteiger partial charge in [-0.05, 0) is 33.0 Å². The van der Waals surface area contributed by atoms with Crippen LogP contribution >= 0.6 is 23.8 Å². The molecule has 7 nitrogen and oxygen atoms in total. The van der Waals surface area contributed by atoms with Crippen molar-refractivity contribution in [3.05, 3.63) is 17.2 Å². The monoisotopic (exact) mass is 389 g/mol. The van der Waals surface area contributed by atoms with Gasteiger partial charge in [-0.1, -0.05) is 11.6 Å². The van der Waals surface area contributed by atoms with E-state index in [0.717, 1.165) is 0 Å². The van der Waals surface area contributed by atoms with Crippen molar-refractivity contribution in [1.29, 1.82) is 0 Å². The minimum Gasteiger partial charge on any atom is -0.495 e. The van der Waals surface area contributed by atoms with Crippen LogP contribution in [0.15, 0.2) is 12.1 Å². The minimum absolute atomic E-state index is 0.359. The van der Waals surface area contributed by atoms with Crippen molar-refractivity contribution in [3.8, 4) is 11.5 Å². The summed E-state index contributed by atoms with van der Waals surface area (Å²) in [5.41, 5.74) is 0.0832. The van der Waals surface area contributed by atoms with Crippen molar-refractivity contribution >= 4 is 40.7 Å². The van der Waals surface area contributed by atoms with Crippen molar-refractivity contribution in [2.45, 2.75) is 26.4 Å². The lowest BCUT2D eigenvalue weighted by Gasteiger charge is -2.20. The third kappa shape index (κ3) is 7.66. The van der Waals surface area contributed by atoms with Gasteiger partial charge in [0.1, 0.15) is 17.1 Å². The first-order valence-corrected chi connectivity index (χ1v) is 8.38. The Morgan fingerprint density at radius 3 is 2.28 bits per heavy atom. The van der Waals surface area contributed by atoms with Crippen molar-refractivity contribution < 1.29 is 19.0 Å². The van der Waals surface area contributed by atoms with Crippen LogP contribution in [-0.2, 0) is 4.74 Å². The summed E-state index contributed by atoms with van der Waals surface area (Å²) >= 11 is 11.3. The van der Waals surface area contributed by atoms with E-state index in [0.29, 0.717) is 40.4 Å². The lowest BCUT2D eigenvalue weighted by atomic mass is 10.2. The Morgan fingerprint density at radius 1 is 1.12 bits per heavy atom. The van der Waals surface area contributed by atoms with Crippen LogP contribution in [0, 0.1) is 0 Å². The molecule has 1 aromatic carbocycles. The molecule has 0 fully saturated rings. The molecule has 0 spiro atoms. The molecule has 0 heterocycles. The SMILES string of the molecule is COc1cc(NC(=S)NCCNC(=O)OC(C)(C)C)c(OC)cc1Cl. The second-order valence-electron chi connectivity index (χ2n) is 6.00. The fraction of sp³-hybridized carbons (Fsp3) is 0.500. The van der Waals surface area contributed by atoms with Crippen molar-refractivity contribution in [2.75, 3.05) is 32.6 Å². The standard InChI is InChI=1S/C16H24ClN3O4S/c1-16(2,3)24-15(21)19-7-6-18-14(25)20-11-9-12(22-4)10(17)8-13(11)23-5/h8-9H,6-7H2,1-5H3,(H,19,21)(H2,18,20,25). The van der Waals surface area contributed by atoms with E-state index in [2.05, 4.69) is 16.0 Å². The number of thiocarbonyl (C=S) groups is 1. The van der Waals surface area contributed by atoms with Crippen molar-refractivity contribution in [1.82, 2.24) is 10.6 Å². The van der Waals surface area contributed by atoms with Crippen LogP contribution in [-0.4, -0.2) is 44.1 Å². The van der Waals surface area contributed by atoms with E-state index in [1.807, 2.05) is 0 Å². The zero-order valence-corrected chi connectivity index (χ0v) is 16.6. The lowest BCUT2D eigenvalue weighted by molar-refractivity contribution is 0.0529. The van der Waals surface area contributed by atoms with E-state index in [-0.39, 0.29) is 0 Å². The molecule has 9 heteroatoms. The molecule has 0 aliphatic rings. The maximum Gasteiger partial charge on any atom is 0.407 e. The molecule has 0 saturated heterocycles. The predicted octanol–water partition coefficient (Wildman–Crippen LogP) is 3.17. The van der Waals surface area contributed by atoms with Gasteiger partial charge in [0.15, 0.2) is 5.11 Å². The summed E-state index contributed by atoms with van der Waals surface area (Å²) in [5.74, 6) is 1.03. The summed E-state index contributed by atoms with van der Waals surface area (Å²) in [6.07, 6.45) is -0.475. The molecule has 0 aliphatic heterocycles. The average Bonchev–Trinajstić information content (AvgIpc) is 2.51. The minimum atomic E-state index is -0.529. The number of nitrogens with one attached hydrogen (secondary N) is 3. The molecule has 140 valence electrons. The number of methoxy groups -OCH3 is 2. The van der Waals surface area contributed by atoms with Crippen LogP contribution in [0.2, 0.25) is 5.02 Å². The molecule has 0 unspecified atom stereocenters. The maximum absolute atomic E-state index is 11.5. The summed E-state index contributed by atoms with van der Waals surface area (Å²) < 4.78 is 15.6. The zero-order valence-electron chi connectivity index (χ0n) is 15.0. The molecule has 0 radical (unpaired) electrons. The van der Waals surface area contributed by atoms with Gasteiger partial charge < -0.3 is 30.2 Å². The van der Waals surface area contributed by atoms with Crippen LogP contribution in [0.3, 0.4) is 0 Å². The van der Waals surface area contributed by atoms with Crippen LogP contribution in [0.5, 0.6) is 11.5 Å². The normalized spacial score (nSPS) is 10.6. The first kappa shape index (κ1) is 21.1. The highest BCUT2D eigenvalue weighted by Crippen LogP contribution is 2.35. The van der Waals surface area contributed by atoms with E-state index in [1.165, 1.54) is 14.2 Å². The quantitative estimate of drug-likeness (QED) is 0.509. The Balaban J connectivity index is 2.48. The molecule has 1 rings (SSSR count). The molecule has 0 atom stereocenters. The fourth-order valence-electron chi connectivity index (χ4n) is 1.78. The number of benzene rings is 1. The van der Waals surface area contributed by atoms with Crippen LogP contribution < -0.4 is 25.4 Å². The molecule has 0 saturated carbocycles. The van der Waals surface area contributed by atoms with E-state index < -0.39 is 11.7 Å². The van der Waals surface area contributed by atoms with Gasteiger partial charge in [0.05, 0.1) is 24.9 Å². The van der Waals surface area contributed by atoms with Gasteiger partial charge in [-0.2, -0.15) is 0 Å². The zero-order chi connectivity index (χ0) is 19.0. The third-order valence-corrected chi connectivity index (χ3v) is 3.34. The van der Waals surface area contributed by atoms with Crippen molar-refractivity contribution in [3.63, 3.8) is 0 Å². The van der Waals surface area contributed by atoms with Gasteiger partial charge in [-0.15, -0.1) is 0 Å². The molecule has 0 bridgehead atoms. The Morgan fingerprint density at radius 2 is 1.72 bits per heavy atom. The number of alkyl carbamates (subject to hydrolysis) is 1. The predicted molar refractivity (Wildman–Crippen MR) is 103 cm³/mol. The molecule has 0 aliphatic carbocycles. The van der Waals surface area contributed by atoms with Gasteiger partial charge in [0, 0.05) is 25.2 Å². The number of rotatable bonds is 6. The highest BCUT2D eigenvalue weighted by molar-refractivity contribution is 7.80. The summed E-state index contributed by atoms with van der Waals surface area (Å²) in [6.45, 7) is 6.20. The van der Waals surface area contributed by atoms with Crippen molar-refractivity contribution in [2.24, 2.45) is 0 Å². The summed E-state index contributed by atoms with van der Waals surface area (Å²) in [7, 11) is 3.06. The molecular formula is C16H24ClN3O4S. The maximum atomic E-state index is 11.5. The average molecular weight is 390 g/mol. The summed E-state index contributed by atoms with van der Waals surface area (Å²) in [5, 5.41) is 9.41. The number of amides is 1. The van der Waals surface area contributed by atoms with E-state index in [9.17, 15) is 4.79 Å². The highest BCUT2D eigenvalue weighted by Gasteiger charge is 2.15. The Bertz CT molecular complexity index is 620. The number of carbonyl (C=O) groups excluding carboxylic acids is 1. The van der Waals surface area contributed by atoms with Gasteiger partial charge in [0.2, 0.25) is 0 Å². The van der Waals surface area contributed by atoms with E-state index in [1.54, 1.807) is 32.9 Å². The molecule has 3 N–H and O–H groups in total. The number of hydrogen-bond acceptors (Lipinski definition) is 5. The van der Waals surface area contributed by atoms with Crippen LogP contribution in [0.1, 0.15) is 20.8 Å². The highest BCUT2D eigenvalue weighted by atomic mass is 35.5. The Kier molecular flexibility index (Phi) is 8.05. The van der Waals surface area contributed by atoms with Crippen LogP contribution in [0.25, 0.3) is 0 Å². The fourth-order valence-corrected chi connectivity index (χ4v) is 2.22. The number of carbonyl (C=O) groups is 1. The molecule has 25 heavy (non-hydrogen) atoms. The Hall–Kier alpha value is -1.93. The molecule has 0 aromatic heterocycles. The second kappa shape index (κ2) is 9.53. The number of ether oxygens (including phenoxy) is 3. The molecule has 1 amide bonds. The molecule has 1 aromatic rings. The Labute approximate surface area is 158 Å². The first-order chi connectivity index (χ1) is 11.7. The van der Waals surface area contributed by atoms with Crippen LogP contribution in [0.4, 0.5) is 10.5 Å². The third-order valence-electron chi connectivity index (χ3n) is 2.80. The lowest BCUT2D eigenvalue weighted by Crippen LogP contribution is -2.39.